The molecule has 1 aromatic carbocycles. The van der Waals surface area contributed by atoms with Crippen molar-refractivity contribution in [2.75, 3.05) is 7.11 Å². The van der Waals surface area contributed by atoms with Crippen molar-refractivity contribution in [1.82, 2.24) is 5.32 Å². The normalized spacial score (nSPS) is 23.8. The second-order valence-corrected chi connectivity index (χ2v) is 5.20. The Morgan fingerprint density at radius 2 is 2.14 bits per heavy atom. The lowest BCUT2D eigenvalue weighted by Gasteiger charge is -2.23. The van der Waals surface area contributed by atoms with E-state index >= 15 is 0 Å². The van der Waals surface area contributed by atoms with E-state index in [1.165, 1.54) is 7.11 Å². The van der Waals surface area contributed by atoms with Crippen molar-refractivity contribution in [3.63, 3.8) is 0 Å². The summed E-state index contributed by atoms with van der Waals surface area (Å²) in [5.41, 5.74) is 6.48. The molecule has 2 rings (SSSR count). The zero-order chi connectivity index (χ0) is 15.2. The zero-order valence-corrected chi connectivity index (χ0v) is 12.0. The lowest BCUT2D eigenvalue weighted by molar-refractivity contribution is -0.132. The van der Waals surface area contributed by atoms with Gasteiger partial charge in [-0.15, -0.1) is 0 Å². The average molecular weight is 291 g/mol. The Bertz CT molecular complexity index is 504. The molecule has 1 aromatic rings. The molecule has 1 aliphatic carbocycles. The van der Waals surface area contributed by atoms with Crippen molar-refractivity contribution in [2.24, 2.45) is 16.8 Å². The first kappa shape index (κ1) is 15.3. The molecular formula is C15H21N3O3. The third kappa shape index (κ3) is 3.52. The van der Waals surface area contributed by atoms with Gasteiger partial charge >= 0.3 is 0 Å². The Morgan fingerprint density at radius 1 is 1.43 bits per heavy atom. The Balaban J connectivity index is 2.06. The first-order valence-corrected chi connectivity index (χ1v) is 7.03. The van der Waals surface area contributed by atoms with E-state index in [0.717, 1.165) is 24.8 Å². The second-order valence-electron chi connectivity index (χ2n) is 5.20. The predicted octanol–water partition coefficient (Wildman–Crippen LogP) is 1.41. The van der Waals surface area contributed by atoms with Gasteiger partial charge in [0.2, 0.25) is 0 Å². The van der Waals surface area contributed by atoms with Gasteiger partial charge in [-0.05, 0) is 18.4 Å². The minimum atomic E-state index is -0.653. The van der Waals surface area contributed by atoms with E-state index < -0.39 is 6.10 Å². The van der Waals surface area contributed by atoms with Gasteiger partial charge in [-0.25, -0.2) is 0 Å². The lowest BCUT2D eigenvalue weighted by Crippen LogP contribution is -2.44. The number of rotatable bonds is 5. The number of oxime groups is 1. The fourth-order valence-corrected chi connectivity index (χ4v) is 2.84. The molecule has 1 saturated carbocycles. The van der Waals surface area contributed by atoms with Gasteiger partial charge in [-0.3, -0.25) is 4.79 Å². The van der Waals surface area contributed by atoms with Crippen molar-refractivity contribution in [2.45, 2.75) is 31.4 Å². The largest absolute Gasteiger partial charge is 0.409 e. The van der Waals surface area contributed by atoms with Crippen LogP contribution in [0.3, 0.4) is 0 Å². The molecule has 3 atom stereocenters. The molecule has 0 bridgehead atoms. The van der Waals surface area contributed by atoms with Gasteiger partial charge in [0, 0.05) is 19.1 Å². The van der Waals surface area contributed by atoms with Gasteiger partial charge in [0.15, 0.2) is 6.10 Å². The molecule has 4 N–H and O–H groups in total. The highest BCUT2D eigenvalue weighted by atomic mass is 16.5. The number of nitrogens with one attached hydrogen (secondary N) is 1. The molecule has 1 fully saturated rings. The van der Waals surface area contributed by atoms with Crippen LogP contribution in [0, 0.1) is 5.92 Å². The zero-order valence-electron chi connectivity index (χ0n) is 12.0. The van der Waals surface area contributed by atoms with Crippen molar-refractivity contribution in [3.05, 3.63) is 35.9 Å². The van der Waals surface area contributed by atoms with Crippen LogP contribution in [0.25, 0.3) is 0 Å². The van der Waals surface area contributed by atoms with Crippen LogP contribution in [0.15, 0.2) is 35.5 Å². The molecule has 0 heterocycles. The Morgan fingerprint density at radius 3 is 2.76 bits per heavy atom. The average Bonchev–Trinajstić information content (AvgIpc) is 2.96. The molecule has 6 nitrogen and oxygen atoms in total. The van der Waals surface area contributed by atoms with Gasteiger partial charge in [-0.2, -0.15) is 0 Å². The first-order valence-electron chi connectivity index (χ1n) is 7.03. The monoisotopic (exact) mass is 291 g/mol. The SMILES string of the molecule is COC(C(=O)NC1CCCC1C(N)=NO)c1ccccc1. The molecule has 114 valence electrons. The molecule has 21 heavy (non-hydrogen) atoms. The van der Waals surface area contributed by atoms with Crippen molar-refractivity contribution >= 4 is 11.7 Å². The standard InChI is InChI=1S/C15H21N3O3/c1-21-13(10-6-3-2-4-7-10)15(19)17-12-9-5-8-11(12)14(16)18-20/h2-4,6-7,11-13,20H,5,8-9H2,1H3,(H2,16,18)(H,17,19). The maximum atomic E-state index is 12.4. The minimum Gasteiger partial charge on any atom is -0.409 e. The molecule has 3 unspecified atom stereocenters. The van der Waals surface area contributed by atoms with Gasteiger partial charge in [0.1, 0.15) is 5.84 Å². The van der Waals surface area contributed by atoms with Crippen LogP contribution in [0.4, 0.5) is 0 Å². The number of benzene rings is 1. The van der Waals surface area contributed by atoms with Crippen molar-refractivity contribution in [3.8, 4) is 0 Å². The van der Waals surface area contributed by atoms with E-state index in [2.05, 4.69) is 10.5 Å². The van der Waals surface area contributed by atoms with E-state index in [1.807, 2.05) is 30.3 Å². The smallest absolute Gasteiger partial charge is 0.253 e. The number of nitrogens with zero attached hydrogens (tertiary/aromatic N) is 1. The molecule has 0 radical (unpaired) electrons. The van der Waals surface area contributed by atoms with E-state index in [-0.39, 0.29) is 23.7 Å². The summed E-state index contributed by atoms with van der Waals surface area (Å²) in [6, 6.07) is 9.20. The third-order valence-electron chi connectivity index (χ3n) is 3.92. The number of methoxy groups -OCH3 is 1. The number of carbonyl (C=O) groups is 1. The Hall–Kier alpha value is -2.08. The minimum absolute atomic E-state index is 0.116. The maximum Gasteiger partial charge on any atom is 0.253 e. The van der Waals surface area contributed by atoms with E-state index in [4.69, 9.17) is 15.7 Å². The highest BCUT2D eigenvalue weighted by molar-refractivity contribution is 5.86. The van der Waals surface area contributed by atoms with Gasteiger partial charge in [0.05, 0.1) is 0 Å². The van der Waals surface area contributed by atoms with Gasteiger partial charge in [0.25, 0.3) is 5.91 Å². The quantitative estimate of drug-likeness (QED) is 0.331. The van der Waals surface area contributed by atoms with Gasteiger partial charge in [-0.1, -0.05) is 41.9 Å². The number of amides is 1. The molecular weight excluding hydrogens is 270 g/mol. The highest BCUT2D eigenvalue weighted by Gasteiger charge is 2.33. The number of hydrogen-bond donors (Lipinski definition) is 3. The summed E-state index contributed by atoms with van der Waals surface area (Å²) in [5, 5.41) is 14.8. The number of amidine groups is 1. The summed E-state index contributed by atoms with van der Waals surface area (Å²) in [6.45, 7) is 0. The summed E-state index contributed by atoms with van der Waals surface area (Å²) in [7, 11) is 1.51. The second kappa shape index (κ2) is 7.08. The lowest BCUT2D eigenvalue weighted by atomic mass is 10.0. The van der Waals surface area contributed by atoms with Crippen LogP contribution < -0.4 is 11.1 Å². The Kier molecular flexibility index (Phi) is 5.16. The molecule has 1 amide bonds. The highest BCUT2D eigenvalue weighted by Crippen LogP contribution is 2.27. The van der Waals surface area contributed by atoms with Crippen LogP contribution >= 0.6 is 0 Å². The maximum absolute atomic E-state index is 12.4. The predicted molar refractivity (Wildman–Crippen MR) is 78.9 cm³/mol. The van der Waals surface area contributed by atoms with Crippen LogP contribution in [0.5, 0.6) is 0 Å². The first-order chi connectivity index (χ1) is 10.2. The number of hydrogen-bond acceptors (Lipinski definition) is 4. The number of ether oxygens (including phenoxy) is 1. The van der Waals surface area contributed by atoms with E-state index in [1.54, 1.807) is 0 Å². The molecule has 0 aliphatic heterocycles. The summed E-state index contributed by atoms with van der Waals surface area (Å²) in [6.07, 6.45) is 1.91. The van der Waals surface area contributed by atoms with Crippen LogP contribution in [-0.2, 0) is 9.53 Å². The topological polar surface area (TPSA) is 96.9 Å². The molecule has 6 heteroatoms. The molecule has 0 spiro atoms. The molecule has 1 aliphatic rings. The number of carbonyl (C=O) groups excluding carboxylic acids is 1. The fourth-order valence-electron chi connectivity index (χ4n) is 2.84. The summed E-state index contributed by atoms with van der Waals surface area (Å²) >= 11 is 0. The third-order valence-corrected chi connectivity index (χ3v) is 3.92. The van der Waals surface area contributed by atoms with Crippen molar-refractivity contribution < 1.29 is 14.7 Å². The van der Waals surface area contributed by atoms with Crippen LogP contribution in [-0.4, -0.2) is 30.1 Å². The summed E-state index contributed by atoms with van der Waals surface area (Å²) in [4.78, 5) is 12.4. The van der Waals surface area contributed by atoms with Crippen LogP contribution in [0.1, 0.15) is 30.9 Å². The fraction of sp³-hybridized carbons (Fsp3) is 0.467. The van der Waals surface area contributed by atoms with Crippen LogP contribution in [0.2, 0.25) is 0 Å². The molecule has 0 aromatic heterocycles. The van der Waals surface area contributed by atoms with Gasteiger partial charge < -0.3 is 21.0 Å². The molecule has 0 saturated heterocycles. The summed E-state index contributed by atoms with van der Waals surface area (Å²) in [5.74, 6) is -0.148. The number of nitrogens with two attached hydrogens (primary N) is 1. The van der Waals surface area contributed by atoms with E-state index in [9.17, 15) is 4.79 Å². The van der Waals surface area contributed by atoms with E-state index in [0.29, 0.717) is 0 Å². The van der Waals surface area contributed by atoms with Crippen molar-refractivity contribution in [1.29, 1.82) is 0 Å². The summed E-state index contributed by atoms with van der Waals surface area (Å²) < 4.78 is 5.31. The Labute approximate surface area is 124 Å².